The molecule has 3 nitrogen and oxygen atoms in total. The summed E-state index contributed by atoms with van der Waals surface area (Å²) in [5.74, 6) is -1.14. The summed E-state index contributed by atoms with van der Waals surface area (Å²) in [6, 6.07) is 2.34. The van der Waals surface area contributed by atoms with Crippen LogP contribution in [0.1, 0.15) is 48.5 Å². The Hall–Kier alpha value is -1.58. The number of rotatable bonds is 6. The van der Waals surface area contributed by atoms with E-state index in [-0.39, 0.29) is 11.3 Å². The van der Waals surface area contributed by atoms with Crippen LogP contribution in [0.2, 0.25) is 0 Å². The zero-order valence-corrected chi connectivity index (χ0v) is 10.9. The second kappa shape index (κ2) is 6.99. The highest BCUT2D eigenvalue weighted by Crippen LogP contribution is 2.20. The third-order valence-electron chi connectivity index (χ3n) is 2.85. The van der Waals surface area contributed by atoms with Gasteiger partial charge < -0.3 is 10.4 Å². The van der Waals surface area contributed by atoms with Gasteiger partial charge in [0.15, 0.2) is 0 Å². The van der Waals surface area contributed by atoms with Crippen LogP contribution in [0.25, 0.3) is 0 Å². The number of carbonyl (C=O) groups is 1. The minimum atomic E-state index is -0.601. The Balaban J connectivity index is 2.54. The Morgan fingerprint density at radius 2 is 2.06 bits per heavy atom. The van der Waals surface area contributed by atoms with Crippen molar-refractivity contribution in [2.45, 2.75) is 39.5 Å². The highest BCUT2D eigenvalue weighted by molar-refractivity contribution is 5.94. The van der Waals surface area contributed by atoms with Crippen LogP contribution in [-0.2, 0) is 0 Å². The number of hydrogen-bond donors (Lipinski definition) is 2. The second-order valence-corrected chi connectivity index (χ2v) is 4.44. The molecule has 2 N–H and O–H groups in total. The molecule has 0 atom stereocenters. The van der Waals surface area contributed by atoms with Crippen LogP contribution in [0.3, 0.4) is 0 Å². The largest absolute Gasteiger partial charge is 0.508 e. The third-order valence-corrected chi connectivity index (χ3v) is 2.85. The van der Waals surface area contributed by atoms with Crippen molar-refractivity contribution in [3.8, 4) is 5.75 Å². The molecule has 0 radical (unpaired) electrons. The highest BCUT2D eigenvalue weighted by atomic mass is 19.1. The summed E-state index contributed by atoms with van der Waals surface area (Å²) < 4.78 is 13.5. The molecular formula is C14H20FNO2. The number of halogens is 1. The number of unbranched alkanes of at least 4 members (excludes halogenated alkanes) is 3. The lowest BCUT2D eigenvalue weighted by Gasteiger charge is -2.07. The van der Waals surface area contributed by atoms with Crippen LogP contribution in [0.5, 0.6) is 5.75 Å². The van der Waals surface area contributed by atoms with Gasteiger partial charge in [-0.2, -0.15) is 0 Å². The molecular weight excluding hydrogens is 233 g/mol. The Kier molecular flexibility index (Phi) is 5.62. The number of phenols is 1. The first kappa shape index (κ1) is 14.5. The molecule has 1 rings (SSSR count). The summed E-state index contributed by atoms with van der Waals surface area (Å²) in [4.78, 5) is 11.7. The molecule has 1 aromatic rings. The van der Waals surface area contributed by atoms with Crippen molar-refractivity contribution in [3.63, 3.8) is 0 Å². The summed E-state index contributed by atoms with van der Waals surface area (Å²) in [5.41, 5.74) is 0.320. The molecule has 0 aliphatic rings. The van der Waals surface area contributed by atoms with E-state index >= 15 is 0 Å². The number of phenolic OH excluding ortho intramolecular Hbond substituents is 1. The average Bonchev–Trinajstić information content (AvgIpc) is 2.33. The van der Waals surface area contributed by atoms with Gasteiger partial charge >= 0.3 is 0 Å². The van der Waals surface area contributed by atoms with Gasteiger partial charge in [-0.1, -0.05) is 26.2 Å². The van der Waals surface area contributed by atoms with Crippen molar-refractivity contribution >= 4 is 5.91 Å². The maximum absolute atomic E-state index is 13.5. The van der Waals surface area contributed by atoms with E-state index < -0.39 is 11.7 Å². The Bertz CT molecular complexity index is 419. The van der Waals surface area contributed by atoms with Crippen molar-refractivity contribution in [2.75, 3.05) is 6.54 Å². The second-order valence-electron chi connectivity index (χ2n) is 4.44. The fourth-order valence-electron chi connectivity index (χ4n) is 1.68. The maximum Gasteiger partial charge on any atom is 0.254 e. The van der Waals surface area contributed by atoms with E-state index in [9.17, 15) is 14.3 Å². The molecule has 0 bridgehead atoms. The molecule has 1 amide bonds. The first-order valence-electron chi connectivity index (χ1n) is 6.33. The van der Waals surface area contributed by atoms with Gasteiger partial charge in [-0.15, -0.1) is 0 Å². The molecule has 4 heteroatoms. The third kappa shape index (κ3) is 4.02. The van der Waals surface area contributed by atoms with E-state index in [1.165, 1.54) is 12.1 Å². The number of aromatic hydroxyl groups is 1. The lowest BCUT2D eigenvalue weighted by Crippen LogP contribution is -2.25. The zero-order valence-electron chi connectivity index (χ0n) is 10.9. The number of amides is 1. The highest BCUT2D eigenvalue weighted by Gasteiger charge is 2.13. The molecule has 100 valence electrons. The van der Waals surface area contributed by atoms with Crippen molar-refractivity contribution in [2.24, 2.45) is 0 Å². The van der Waals surface area contributed by atoms with Crippen molar-refractivity contribution in [1.29, 1.82) is 0 Å². The predicted molar refractivity (Wildman–Crippen MR) is 69.3 cm³/mol. The summed E-state index contributed by atoms with van der Waals surface area (Å²) in [5, 5.41) is 12.1. The summed E-state index contributed by atoms with van der Waals surface area (Å²) >= 11 is 0. The molecule has 0 aliphatic heterocycles. The summed E-state index contributed by atoms with van der Waals surface area (Å²) in [6.45, 7) is 4.24. The average molecular weight is 253 g/mol. The number of benzene rings is 1. The monoisotopic (exact) mass is 253 g/mol. The number of nitrogens with one attached hydrogen (secondary N) is 1. The maximum atomic E-state index is 13.5. The first-order chi connectivity index (χ1) is 8.56. The molecule has 0 spiro atoms. The van der Waals surface area contributed by atoms with E-state index in [0.29, 0.717) is 12.1 Å². The standard InChI is InChI=1S/C14H20FNO2/c1-3-4-5-6-7-16-14(18)11-9-13(17)10(2)8-12(11)15/h8-9,17H,3-7H2,1-2H3,(H,16,18). The van der Waals surface area contributed by atoms with Crippen LogP contribution in [0.4, 0.5) is 4.39 Å². The van der Waals surface area contributed by atoms with Gasteiger partial charge in [-0.3, -0.25) is 4.79 Å². The van der Waals surface area contributed by atoms with Gasteiger partial charge in [0.25, 0.3) is 5.91 Å². The molecule has 18 heavy (non-hydrogen) atoms. The minimum absolute atomic E-state index is 0.0625. The van der Waals surface area contributed by atoms with Crippen molar-refractivity contribution < 1.29 is 14.3 Å². The normalized spacial score (nSPS) is 10.4. The zero-order chi connectivity index (χ0) is 13.5. The fraction of sp³-hybridized carbons (Fsp3) is 0.500. The molecule has 0 saturated carbocycles. The van der Waals surface area contributed by atoms with Gasteiger partial charge in [0.1, 0.15) is 11.6 Å². The van der Waals surface area contributed by atoms with Gasteiger partial charge in [0.05, 0.1) is 5.56 Å². The number of carbonyl (C=O) groups excluding carboxylic acids is 1. The van der Waals surface area contributed by atoms with Crippen LogP contribution >= 0.6 is 0 Å². The molecule has 0 aliphatic carbocycles. The van der Waals surface area contributed by atoms with E-state index in [1.807, 2.05) is 0 Å². The SMILES string of the molecule is CCCCCCNC(=O)c1cc(O)c(C)cc1F. The van der Waals surface area contributed by atoms with Crippen molar-refractivity contribution in [1.82, 2.24) is 5.32 Å². The smallest absolute Gasteiger partial charge is 0.254 e. The van der Waals surface area contributed by atoms with Crippen LogP contribution in [0, 0.1) is 12.7 Å². The Morgan fingerprint density at radius 3 is 2.72 bits per heavy atom. The van der Waals surface area contributed by atoms with Gasteiger partial charge in [0, 0.05) is 6.54 Å². The molecule has 0 aromatic heterocycles. The van der Waals surface area contributed by atoms with Gasteiger partial charge in [-0.05, 0) is 31.0 Å². The number of aryl methyl sites for hydroxylation is 1. The number of hydrogen-bond acceptors (Lipinski definition) is 2. The van der Waals surface area contributed by atoms with E-state index in [2.05, 4.69) is 12.2 Å². The molecule has 0 saturated heterocycles. The Labute approximate surface area is 107 Å². The molecule has 0 unspecified atom stereocenters. The van der Waals surface area contributed by atoms with E-state index in [0.717, 1.165) is 25.7 Å². The quantitative estimate of drug-likeness (QED) is 0.765. The molecule has 0 fully saturated rings. The first-order valence-corrected chi connectivity index (χ1v) is 6.33. The lowest BCUT2D eigenvalue weighted by molar-refractivity contribution is 0.0948. The summed E-state index contributed by atoms with van der Waals surface area (Å²) in [7, 11) is 0. The van der Waals surface area contributed by atoms with E-state index in [4.69, 9.17) is 0 Å². The predicted octanol–water partition coefficient (Wildman–Crippen LogP) is 3.15. The minimum Gasteiger partial charge on any atom is -0.508 e. The topological polar surface area (TPSA) is 49.3 Å². The van der Waals surface area contributed by atoms with Gasteiger partial charge in [-0.25, -0.2) is 4.39 Å². The van der Waals surface area contributed by atoms with Gasteiger partial charge in [0.2, 0.25) is 0 Å². The van der Waals surface area contributed by atoms with Crippen molar-refractivity contribution in [3.05, 3.63) is 29.1 Å². The molecule has 1 aromatic carbocycles. The van der Waals surface area contributed by atoms with Crippen LogP contribution in [-0.4, -0.2) is 17.6 Å². The van der Waals surface area contributed by atoms with Crippen LogP contribution in [0.15, 0.2) is 12.1 Å². The fourth-order valence-corrected chi connectivity index (χ4v) is 1.68. The lowest BCUT2D eigenvalue weighted by atomic mass is 10.1. The van der Waals surface area contributed by atoms with Crippen LogP contribution < -0.4 is 5.32 Å². The Morgan fingerprint density at radius 1 is 1.33 bits per heavy atom. The molecule has 0 heterocycles. The van der Waals surface area contributed by atoms with E-state index in [1.54, 1.807) is 6.92 Å². The summed E-state index contributed by atoms with van der Waals surface area (Å²) in [6.07, 6.45) is 4.21.